The van der Waals surface area contributed by atoms with Crippen LogP contribution in [0.3, 0.4) is 0 Å². The minimum Gasteiger partial charge on any atom is -0.207 e. The van der Waals surface area contributed by atoms with Gasteiger partial charge in [-0.1, -0.05) is 30.3 Å². The first-order valence-corrected chi connectivity index (χ1v) is 5.84. The molecule has 1 atom stereocenters. The van der Waals surface area contributed by atoms with Crippen LogP contribution in [0.4, 0.5) is 13.2 Å². The maximum absolute atomic E-state index is 13.5. The molecule has 2 rings (SSSR count). The summed E-state index contributed by atoms with van der Waals surface area (Å²) in [5, 5.41) is -0.734. The molecule has 0 aliphatic heterocycles. The van der Waals surface area contributed by atoms with Crippen molar-refractivity contribution in [2.24, 2.45) is 0 Å². The fourth-order valence-electron chi connectivity index (χ4n) is 1.71. The molecule has 2 aromatic carbocycles. The molecule has 0 N–H and O–H groups in total. The Balaban J connectivity index is 2.24. The van der Waals surface area contributed by atoms with Crippen LogP contribution in [0.15, 0.2) is 42.5 Å². The van der Waals surface area contributed by atoms with Gasteiger partial charge in [0.25, 0.3) is 0 Å². The standard InChI is InChI=1S/C14H10ClF3/c15-11(6-9-4-2-1-3-5-9)10-7-13(17)14(18)8-12(10)16/h1-5,7-8,11H,6H2. The first kappa shape index (κ1) is 13.0. The monoisotopic (exact) mass is 270 g/mol. The van der Waals surface area contributed by atoms with Gasteiger partial charge in [0.15, 0.2) is 11.6 Å². The highest BCUT2D eigenvalue weighted by atomic mass is 35.5. The van der Waals surface area contributed by atoms with E-state index in [-0.39, 0.29) is 5.56 Å². The molecule has 1 unspecified atom stereocenters. The molecule has 0 aliphatic rings. The summed E-state index contributed by atoms with van der Waals surface area (Å²) in [6.07, 6.45) is 0.352. The van der Waals surface area contributed by atoms with Gasteiger partial charge in [-0.3, -0.25) is 0 Å². The molecule has 0 aromatic heterocycles. The van der Waals surface area contributed by atoms with E-state index in [9.17, 15) is 13.2 Å². The van der Waals surface area contributed by atoms with Crippen LogP contribution in [0.1, 0.15) is 16.5 Å². The van der Waals surface area contributed by atoms with Gasteiger partial charge in [0, 0.05) is 11.6 Å². The van der Waals surface area contributed by atoms with E-state index >= 15 is 0 Å². The number of benzene rings is 2. The lowest BCUT2D eigenvalue weighted by atomic mass is 10.0. The van der Waals surface area contributed by atoms with Gasteiger partial charge in [-0.2, -0.15) is 0 Å². The van der Waals surface area contributed by atoms with Gasteiger partial charge in [0.2, 0.25) is 0 Å². The summed E-state index contributed by atoms with van der Waals surface area (Å²) in [6.45, 7) is 0. The summed E-state index contributed by atoms with van der Waals surface area (Å²) in [7, 11) is 0. The summed E-state index contributed by atoms with van der Waals surface area (Å²) in [5.74, 6) is -3.13. The van der Waals surface area contributed by atoms with E-state index in [4.69, 9.17) is 11.6 Å². The molecule has 0 bridgehead atoms. The summed E-state index contributed by atoms with van der Waals surface area (Å²) in [6, 6.07) is 10.5. The number of rotatable bonds is 3. The Morgan fingerprint density at radius 1 is 0.889 bits per heavy atom. The van der Waals surface area contributed by atoms with E-state index in [0.29, 0.717) is 12.5 Å². The van der Waals surface area contributed by atoms with E-state index in [1.54, 1.807) is 0 Å². The van der Waals surface area contributed by atoms with Gasteiger partial charge in [-0.25, -0.2) is 13.2 Å². The van der Waals surface area contributed by atoms with Crippen LogP contribution in [0, 0.1) is 17.5 Å². The number of halogens is 4. The minimum absolute atomic E-state index is 0.0283. The van der Waals surface area contributed by atoms with Crippen molar-refractivity contribution in [3.63, 3.8) is 0 Å². The predicted octanol–water partition coefficient (Wildman–Crippen LogP) is 4.63. The lowest BCUT2D eigenvalue weighted by molar-refractivity contribution is 0.489. The van der Waals surface area contributed by atoms with E-state index < -0.39 is 22.8 Å². The van der Waals surface area contributed by atoms with Crippen LogP contribution in [-0.2, 0) is 6.42 Å². The largest absolute Gasteiger partial charge is 0.207 e. The van der Waals surface area contributed by atoms with Crippen LogP contribution < -0.4 is 0 Å². The second-order valence-electron chi connectivity index (χ2n) is 3.95. The van der Waals surface area contributed by atoms with Crippen LogP contribution in [0.25, 0.3) is 0 Å². The Morgan fingerprint density at radius 3 is 2.17 bits per heavy atom. The molecule has 4 heteroatoms. The molecule has 0 spiro atoms. The van der Waals surface area contributed by atoms with E-state index in [2.05, 4.69) is 0 Å². The summed E-state index contributed by atoms with van der Waals surface area (Å²) in [5.41, 5.74) is 0.876. The average Bonchev–Trinajstić information content (AvgIpc) is 2.35. The Bertz CT molecular complexity index is 540. The molecular weight excluding hydrogens is 261 g/mol. The number of alkyl halides is 1. The molecule has 0 saturated heterocycles. The molecule has 0 nitrogen and oxygen atoms in total. The lowest BCUT2D eigenvalue weighted by Crippen LogP contribution is -2.01. The topological polar surface area (TPSA) is 0 Å². The highest BCUT2D eigenvalue weighted by Gasteiger charge is 2.17. The van der Waals surface area contributed by atoms with Crippen molar-refractivity contribution in [2.45, 2.75) is 11.8 Å². The van der Waals surface area contributed by atoms with Gasteiger partial charge in [0.05, 0.1) is 5.38 Å². The van der Waals surface area contributed by atoms with Crippen molar-refractivity contribution in [1.82, 2.24) is 0 Å². The van der Waals surface area contributed by atoms with Crippen molar-refractivity contribution in [2.75, 3.05) is 0 Å². The molecule has 0 heterocycles. The van der Waals surface area contributed by atoms with Gasteiger partial charge in [-0.15, -0.1) is 11.6 Å². The van der Waals surface area contributed by atoms with Crippen molar-refractivity contribution in [3.8, 4) is 0 Å². The molecule has 0 saturated carbocycles. The highest BCUT2D eigenvalue weighted by Crippen LogP contribution is 2.28. The summed E-state index contributed by atoms with van der Waals surface area (Å²) >= 11 is 6.04. The third-order valence-electron chi connectivity index (χ3n) is 2.63. The third-order valence-corrected chi connectivity index (χ3v) is 3.02. The maximum Gasteiger partial charge on any atom is 0.161 e. The molecule has 0 aliphatic carbocycles. The van der Waals surface area contributed by atoms with Crippen LogP contribution in [0.5, 0.6) is 0 Å². The second-order valence-corrected chi connectivity index (χ2v) is 4.47. The zero-order valence-corrected chi connectivity index (χ0v) is 10.1. The molecule has 0 amide bonds. The normalized spacial score (nSPS) is 12.4. The van der Waals surface area contributed by atoms with Gasteiger partial charge in [-0.05, 0) is 18.1 Å². The first-order chi connectivity index (χ1) is 8.58. The summed E-state index contributed by atoms with van der Waals surface area (Å²) in [4.78, 5) is 0. The fourth-order valence-corrected chi connectivity index (χ4v) is 2.05. The van der Waals surface area contributed by atoms with E-state index in [0.717, 1.165) is 11.6 Å². The number of hydrogen-bond acceptors (Lipinski definition) is 0. The Morgan fingerprint density at radius 2 is 1.50 bits per heavy atom. The van der Waals surface area contributed by atoms with Crippen molar-refractivity contribution >= 4 is 11.6 Å². The molecule has 18 heavy (non-hydrogen) atoms. The van der Waals surface area contributed by atoms with Crippen LogP contribution in [0.2, 0.25) is 0 Å². The quantitative estimate of drug-likeness (QED) is 0.564. The van der Waals surface area contributed by atoms with Crippen molar-refractivity contribution in [3.05, 3.63) is 71.0 Å². The zero-order valence-electron chi connectivity index (χ0n) is 9.34. The van der Waals surface area contributed by atoms with Gasteiger partial charge in [0.1, 0.15) is 5.82 Å². The maximum atomic E-state index is 13.5. The van der Waals surface area contributed by atoms with Crippen molar-refractivity contribution in [1.29, 1.82) is 0 Å². The Hall–Kier alpha value is -1.48. The fraction of sp³-hybridized carbons (Fsp3) is 0.143. The molecule has 2 aromatic rings. The molecular formula is C14H10ClF3. The van der Waals surface area contributed by atoms with Crippen LogP contribution >= 0.6 is 11.6 Å². The third kappa shape index (κ3) is 2.85. The average molecular weight is 271 g/mol. The zero-order chi connectivity index (χ0) is 13.1. The first-order valence-electron chi connectivity index (χ1n) is 5.40. The predicted molar refractivity (Wildman–Crippen MR) is 65.1 cm³/mol. The Kier molecular flexibility index (Phi) is 3.92. The van der Waals surface area contributed by atoms with Crippen molar-refractivity contribution < 1.29 is 13.2 Å². The van der Waals surface area contributed by atoms with E-state index in [1.165, 1.54) is 0 Å². The van der Waals surface area contributed by atoms with E-state index in [1.807, 2.05) is 30.3 Å². The SMILES string of the molecule is Fc1cc(F)c(C(Cl)Cc2ccccc2)cc1F. The second kappa shape index (κ2) is 5.44. The lowest BCUT2D eigenvalue weighted by Gasteiger charge is -2.11. The number of hydrogen-bond donors (Lipinski definition) is 0. The Labute approximate surface area is 108 Å². The van der Waals surface area contributed by atoms with Crippen LogP contribution in [-0.4, -0.2) is 0 Å². The molecule has 0 radical (unpaired) electrons. The smallest absolute Gasteiger partial charge is 0.161 e. The summed E-state index contributed by atoms with van der Waals surface area (Å²) < 4.78 is 39.3. The minimum atomic E-state index is -1.21. The molecule has 94 valence electrons. The molecule has 0 fully saturated rings. The highest BCUT2D eigenvalue weighted by molar-refractivity contribution is 6.20. The van der Waals surface area contributed by atoms with Gasteiger partial charge >= 0.3 is 0 Å². The van der Waals surface area contributed by atoms with Gasteiger partial charge < -0.3 is 0 Å².